The van der Waals surface area contributed by atoms with E-state index in [0.717, 1.165) is 0 Å². The second-order valence-electron chi connectivity index (χ2n) is 2.91. The zero-order valence-electron chi connectivity index (χ0n) is 8.53. The van der Waals surface area contributed by atoms with E-state index < -0.39 is 11.8 Å². The van der Waals surface area contributed by atoms with Crippen LogP contribution >= 0.6 is 0 Å². The van der Waals surface area contributed by atoms with Crippen molar-refractivity contribution in [2.45, 2.75) is 13.5 Å². The maximum Gasteiger partial charge on any atom is 0.379 e. The van der Waals surface area contributed by atoms with Crippen LogP contribution in [0.15, 0.2) is 24.3 Å². The second kappa shape index (κ2) is 5.26. The first-order chi connectivity index (χ1) is 7.20. The molecule has 0 amide bonds. The molecule has 0 fully saturated rings. The fourth-order valence-electron chi connectivity index (χ4n) is 1.23. The van der Waals surface area contributed by atoms with Gasteiger partial charge in [-0.2, -0.15) is 0 Å². The Bertz CT molecular complexity index is 374. The molecular formula is C11H13NO3. The number of Topliss-reactive ketones (excluding diaryl/α,β-unsaturated/α-hetero) is 1. The van der Waals surface area contributed by atoms with E-state index in [9.17, 15) is 9.59 Å². The van der Waals surface area contributed by atoms with Crippen LogP contribution in [0.1, 0.15) is 22.8 Å². The Hall–Kier alpha value is -1.68. The molecule has 0 radical (unpaired) electrons. The maximum absolute atomic E-state index is 11.6. The molecule has 0 atom stereocenters. The minimum Gasteiger partial charge on any atom is -0.460 e. The zero-order valence-corrected chi connectivity index (χ0v) is 8.53. The van der Waals surface area contributed by atoms with Gasteiger partial charge in [0.25, 0.3) is 5.78 Å². The highest BCUT2D eigenvalue weighted by atomic mass is 16.5. The van der Waals surface area contributed by atoms with Crippen molar-refractivity contribution >= 4 is 11.8 Å². The lowest BCUT2D eigenvalue weighted by atomic mass is 10.0. The normalized spacial score (nSPS) is 9.73. The van der Waals surface area contributed by atoms with Crippen molar-refractivity contribution in [3.63, 3.8) is 0 Å². The number of ketones is 1. The van der Waals surface area contributed by atoms with Crippen molar-refractivity contribution in [1.82, 2.24) is 0 Å². The molecule has 1 aromatic rings. The topological polar surface area (TPSA) is 69.4 Å². The summed E-state index contributed by atoms with van der Waals surface area (Å²) in [5.41, 5.74) is 6.42. The summed E-state index contributed by atoms with van der Waals surface area (Å²) < 4.78 is 4.63. The summed E-state index contributed by atoms with van der Waals surface area (Å²) in [5.74, 6) is -1.48. The van der Waals surface area contributed by atoms with Crippen LogP contribution in [0.3, 0.4) is 0 Å². The first kappa shape index (κ1) is 11.4. The van der Waals surface area contributed by atoms with Crippen molar-refractivity contribution in [2.24, 2.45) is 5.73 Å². The number of carbonyl (C=O) groups excluding carboxylic acids is 2. The Kier molecular flexibility index (Phi) is 4.00. The van der Waals surface area contributed by atoms with Crippen LogP contribution in [-0.2, 0) is 16.1 Å². The van der Waals surface area contributed by atoms with Gasteiger partial charge in [-0.3, -0.25) is 4.79 Å². The highest BCUT2D eigenvalue weighted by Crippen LogP contribution is 2.09. The fourth-order valence-corrected chi connectivity index (χ4v) is 1.23. The molecule has 0 unspecified atom stereocenters. The second-order valence-corrected chi connectivity index (χ2v) is 2.91. The molecule has 4 nitrogen and oxygen atoms in total. The Labute approximate surface area is 88.0 Å². The molecule has 0 bridgehead atoms. The van der Waals surface area contributed by atoms with Gasteiger partial charge in [0.1, 0.15) is 0 Å². The highest BCUT2D eigenvalue weighted by Gasteiger charge is 2.19. The Morgan fingerprint density at radius 2 is 2.00 bits per heavy atom. The highest BCUT2D eigenvalue weighted by molar-refractivity contribution is 6.41. The summed E-state index contributed by atoms with van der Waals surface area (Å²) in [6.07, 6.45) is 0. The quantitative estimate of drug-likeness (QED) is 0.452. The van der Waals surface area contributed by atoms with Crippen LogP contribution in [0, 0.1) is 0 Å². The number of carbonyl (C=O) groups is 2. The lowest BCUT2D eigenvalue weighted by Crippen LogP contribution is -2.19. The molecule has 2 N–H and O–H groups in total. The molecule has 0 aliphatic heterocycles. The Balaban J connectivity index is 2.95. The van der Waals surface area contributed by atoms with Gasteiger partial charge in [0, 0.05) is 12.1 Å². The van der Waals surface area contributed by atoms with Gasteiger partial charge >= 0.3 is 5.97 Å². The van der Waals surface area contributed by atoms with Gasteiger partial charge in [0.2, 0.25) is 0 Å². The number of hydrogen-bond acceptors (Lipinski definition) is 4. The smallest absolute Gasteiger partial charge is 0.379 e. The summed E-state index contributed by atoms with van der Waals surface area (Å²) in [5, 5.41) is 0. The van der Waals surface area contributed by atoms with Gasteiger partial charge in [-0.1, -0.05) is 24.3 Å². The number of nitrogens with two attached hydrogens (primary N) is 1. The molecule has 0 aliphatic carbocycles. The zero-order chi connectivity index (χ0) is 11.3. The molecule has 0 heterocycles. The Morgan fingerprint density at radius 1 is 1.33 bits per heavy atom. The first-order valence-electron chi connectivity index (χ1n) is 4.70. The number of ether oxygens (including phenoxy) is 1. The summed E-state index contributed by atoms with van der Waals surface area (Å²) in [4.78, 5) is 22.8. The Morgan fingerprint density at radius 3 is 2.60 bits per heavy atom. The van der Waals surface area contributed by atoms with Crippen molar-refractivity contribution in [1.29, 1.82) is 0 Å². The molecule has 1 aromatic carbocycles. The number of benzene rings is 1. The SMILES string of the molecule is CCOC(=O)C(=O)c1ccccc1CN. The van der Waals surface area contributed by atoms with Crippen molar-refractivity contribution in [3.05, 3.63) is 35.4 Å². The van der Waals surface area contributed by atoms with Gasteiger partial charge in [0.15, 0.2) is 0 Å². The first-order valence-corrected chi connectivity index (χ1v) is 4.70. The minimum absolute atomic E-state index is 0.190. The van der Waals surface area contributed by atoms with Gasteiger partial charge in [-0.25, -0.2) is 4.79 Å². The minimum atomic E-state index is -0.835. The number of rotatable bonds is 4. The van der Waals surface area contributed by atoms with Crippen molar-refractivity contribution < 1.29 is 14.3 Å². The molecule has 0 aliphatic rings. The van der Waals surface area contributed by atoms with E-state index in [1.54, 1.807) is 31.2 Å². The predicted molar refractivity (Wildman–Crippen MR) is 55.3 cm³/mol. The summed E-state index contributed by atoms with van der Waals surface area (Å²) in [7, 11) is 0. The lowest BCUT2D eigenvalue weighted by Gasteiger charge is -2.05. The molecule has 0 saturated carbocycles. The van der Waals surface area contributed by atoms with Crippen LogP contribution in [0.2, 0.25) is 0 Å². The maximum atomic E-state index is 11.6. The fraction of sp³-hybridized carbons (Fsp3) is 0.273. The molecule has 1 rings (SSSR count). The van der Waals surface area contributed by atoms with Gasteiger partial charge in [0.05, 0.1) is 6.61 Å². The number of esters is 1. The predicted octanol–water partition coefficient (Wildman–Crippen LogP) is 0.891. The third-order valence-corrected chi connectivity index (χ3v) is 1.94. The third kappa shape index (κ3) is 2.63. The standard InChI is InChI=1S/C11H13NO3/c1-2-15-11(14)10(13)9-6-4-3-5-8(9)7-12/h3-6H,2,7,12H2,1H3. The van der Waals surface area contributed by atoms with E-state index >= 15 is 0 Å². The summed E-state index contributed by atoms with van der Waals surface area (Å²) in [6.45, 7) is 2.07. The van der Waals surface area contributed by atoms with Crippen LogP contribution in [-0.4, -0.2) is 18.4 Å². The molecule has 80 valence electrons. The van der Waals surface area contributed by atoms with E-state index in [1.807, 2.05) is 0 Å². The molecule has 0 spiro atoms. The molecule has 0 saturated heterocycles. The largest absolute Gasteiger partial charge is 0.460 e. The van der Waals surface area contributed by atoms with Gasteiger partial charge in [-0.15, -0.1) is 0 Å². The molecule has 15 heavy (non-hydrogen) atoms. The van der Waals surface area contributed by atoms with Gasteiger partial charge in [-0.05, 0) is 12.5 Å². The summed E-state index contributed by atoms with van der Waals surface area (Å²) >= 11 is 0. The molecular weight excluding hydrogens is 194 g/mol. The van der Waals surface area contributed by atoms with E-state index in [2.05, 4.69) is 4.74 Å². The monoisotopic (exact) mass is 207 g/mol. The molecule has 0 aromatic heterocycles. The van der Waals surface area contributed by atoms with E-state index in [-0.39, 0.29) is 13.2 Å². The number of hydrogen-bond donors (Lipinski definition) is 1. The van der Waals surface area contributed by atoms with Crippen LogP contribution < -0.4 is 5.73 Å². The van der Waals surface area contributed by atoms with Crippen LogP contribution in [0.4, 0.5) is 0 Å². The summed E-state index contributed by atoms with van der Waals surface area (Å²) in [6, 6.07) is 6.74. The van der Waals surface area contributed by atoms with E-state index in [0.29, 0.717) is 11.1 Å². The average molecular weight is 207 g/mol. The van der Waals surface area contributed by atoms with Crippen LogP contribution in [0.5, 0.6) is 0 Å². The molecule has 4 heteroatoms. The van der Waals surface area contributed by atoms with Crippen LogP contribution in [0.25, 0.3) is 0 Å². The van der Waals surface area contributed by atoms with Crippen molar-refractivity contribution in [3.8, 4) is 0 Å². The van der Waals surface area contributed by atoms with E-state index in [1.165, 1.54) is 0 Å². The average Bonchev–Trinajstić information content (AvgIpc) is 2.28. The third-order valence-electron chi connectivity index (χ3n) is 1.94. The lowest BCUT2D eigenvalue weighted by molar-refractivity contribution is -0.137. The van der Waals surface area contributed by atoms with Gasteiger partial charge < -0.3 is 10.5 Å². The van der Waals surface area contributed by atoms with E-state index in [4.69, 9.17) is 5.73 Å². The van der Waals surface area contributed by atoms with Crippen molar-refractivity contribution in [2.75, 3.05) is 6.61 Å².